The third-order valence-corrected chi connectivity index (χ3v) is 0.976. The topological polar surface area (TPSA) is 44.6 Å². The van der Waals surface area contributed by atoms with Gasteiger partial charge in [0, 0.05) is 18.8 Å². The molecule has 0 saturated heterocycles. The fraction of sp³-hybridized carbons (Fsp3) is 0.400. The summed E-state index contributed by atoms with van der Waals surface area (Å²) >= 11 is 2.94. The van der Waals surface area contributed by atoms with E-state index in [9.17, 15) is 0 Å². The maximum absolute atomic E-state index is 8.70. The lowest BCUT2D eigenvalue weighted by atomic mass is 10.4. The molecule has 0 amide bonds. The van der Waals surface area contributed by atoms with Gasteiger partial charge in [-0.3, -0.25) is 5.43 Å². The molecule has 0 bridgehead atoms. The highest BCUT2D eigenvalue weighted by Gasteiger charge is 1.98. The third kappa shape index (κ3) is 5.52. The summed E-state index contributed by atoms with van der Waals surface area (Å²) in [7, 11) is 0. The Morgan fingerprint density at radius 2 is 2.44 bits per heavy atom. The lowest BCUT2D eigenvalue weighted by Crippen LogP contribution is -2.07. The maximum Gasteiger partial charge on any atom is 0.114 e. The summed E-state index contributed by atoms with van der Waals surface area (Å²) in [4.78, 5) is 0. The SMILES string of the molecule is C=NNC(=C)CC(O)Br. The van der Waals surface area contributed by atoms with Crippen LogP contribution in [-0.4, -0.2) is 16.8 Å². The zero-order chi connectivity index (χ0) is 7.28. The molecule has 0 aliphatic heterocycles. The van der Waals surface area contributed by atoms with E-state index in [4.69, 9.17) is 5.11 Å². The van der Waals surface area contributed by atoms with Gasteiger partial charge in [-0.1, -0.05) is 22.5 Å². The predicted octanol–water partition coefficient (Wildman–Crippen LogP) is 0.809. The second-order valence-electron chi connectivity index (χ2n) is 1.51. The third-order valence-electron chi connectivity index (χ3n) is 0.652. The second kappa shape index (κ2) is 4.52. The Morgan fingerprint density at radius 1 is 1.89 bits per heavy atom. The van der Waals surface area contributed by atoms with Gasteiger partial charge in [0.2, 0.25) is 0 Å². The number of nitrogens with one attached hydrogen (secondary N) is 1. The Labute approximate surface area is 62.6 Å². The lowest BCUT2D eigenvalue weighted by molar-refractivity contribution is 0.268. The van der Waals surface area contributed by atoms with Crippen LogP contribution in [0.25, 0.3) is 0 Å². The van der Waals surface area contributed by atoms with Crippen molar-refractivity contribution in [3.63, 3.8) is 0 Å². The first-order valence-electron chi connectivity index (χ1n) is 2.38. The minimum absolute atomic E-state index is 0.430. The number of aliphatic hydroxyl groups is 1. The highest BCUT2D eigenvalue weighted by molar-refractivity contribution is 9.09. The maximum atomic E-state index is 8.70. The Hall–Kier alpha value is -0.350. The number of aliphatic hydroxyl groups excluding tert-OH is 1. The number of rotatable bonds is 4. The monoisotopic (exact) mass is 192 g/mol. The van der Waals surface area contributed by atoms with E-state index in [1.54, 1.807) is 0 Å². The molecule has 9 heavy (non-hydrogen) atoms. The molecule has 1 unspecified atom stereocenters. The Bertz CT molecular complexity index is 114. The van der Waals surface area contributed by atoms with Crippen LogP contribution in [0.4, 0.5) is 0 Å². The van der Waals surface area contributed by atoms with Crippen LogP contribution in [0.2, 0.25) is 0 Å². The van der Waals surface area contributed by atoms with Gasteiger partial charge in [0.1, 0.15) is 5.01 Å². The molecule has 0 aromatic carbocycles. The Morgan fingerprint density at radius 3 is 2.78 bits per heavy atom. The summed E-state index contributed by atoms with van der Waals surface area (Å²) in [5.41, 5.74) is 3.14. The van der Waals surface area contributed by atoms with Crippen molar-refractivity contribution in [2.75, 3.05) is 0 Å². The van der Waals surface area contributed by atoms with Crippen LogP contribution in [-0.2, 0) is 0 Å². The van der Waals surface area contributed by atoms with Gasteiger partial charge in [-0.05, 0) is 0 Å². The summed E-state index contributed by atoms with van der Waals surface area (Å²) in [6.45, 7) is 6.74. The van der Waals surface area contributed by atoms with Crippen LogP contribution < -0.4 is 5.43 Å². The van der Waals surface area contributed by atoms with Gasteiger partial charge in [0.05, 0.1) is 0 Å². The predicted molar refractivity (Wildman–Crippen MR) is 41.4 cm³/mol. The van der Waals surface area contributed by atoms with Gasteiger partial charge in [-0.25, -0.2) is 0 Å². The van der Waals surface area contributed by atoms with Crippen LogP contribution in [0.3, 0.4) is 0 Å². The van der Waals surface area contributed by atoms with Crippen molar-refractivity contribution in [2.24, 2.45) is 5.10 Å². The summed E-state index contributed by atoms with van der Waals surface area (Å²) < 4.78 is 0. The lowest BCUT2D eigenvalue weighted by Gasteiger charge is -2.03. The molecule has 0 radical (unpaired) electrons. The summed E-state index contributed by atoms with van der Waals surface area (Å²) in [5, 5.41) is 11.5. The smallest absolute Gasteiger partial charge is 0.114 e. The van der Waals surface area contributed by atoms with Crippen molar-refractivity contribution >= 4 is 22.6 Å². The van der Waals surface area contributed by atoms with Crippen LogP contribution in [0, 0.1) is 0 Å². The van der Waals surface area contributed by atoms with Crippen LogP contribution >= 0.6 is 15.9 Å². The highest BCUT2D eigenvalue weighted by atomic mass is 79.9. The number of hydrogen-bond acceptors (Lipinski definition) is 3. The standard InChI is InChI=1S/C5H9BrN2O/c1-4(8-7-2)3-5(6)9/h5,8-9H,1-3H2. The normalized spacial score (nSPS) is 12.2. The summed E-state index contributed by atoms with van der Waals surface area (Å²) in [6.07, 6.45) is 0.430. The number of hydrazone groups is 1. The molecule has 0 aromatic rings. The van der Waals surface area contributed by atoms with Crippen molar-refractivity contribution in [1.82, 2.24) is 5.43 Å². The molecule has 4 heteroatoms. The van der Waals surface area contributed by atoms with E-state index in [-0.39, 0.29) is 0 Å². The highest BCUT2D eigenvalue weighted by Crippen LogP contribution is 2.04. The fourth-order valence-corrected chi connectivity index (χ4v) is 0.752. The van der Waals surface area contributed by atoms with Gasteiger partial charge in [-0.15, -0.1) is 0 Å². The number of hydrogen-bond donors (Lipinski definition) is 2. The molecule has 3 nitrogen and oxygen atoms in total. The molecule has 2 N–H and O–H groups in total. The largest absolute Gasteiger partial charge is 0.381 e. The number of nitrogens with zero attached hydrogens (tertiary/aromatic N) is 1. The average Bonchev–Trinajstić information content (AvgIpc) is 1.63. The van der Waals surface area contributed by atoms with E-state index >= 15 is 0 Å². The first kappa shape index (κ1) is 8.65. The van der Waals surface area contributed by atoms with E-state index in [1.807, 2.05) is 0 Å². The number of alkyl halides is 1. The van der Waals surface area contributed by atoms with Crippen molar-refractivity contribution in [2.45, 2.75) is 11.4 Å². The van der Waals surface area contributed by atoms with Crippen LogP contribution in [0.1, 0.15) is 6.42 Å². The van der Waals surface area contributed by atoms with Gasteiger partial charge in [0.25, 0.3) is 0 Å². The van der Waals surface area contributed by atoms with Crippen molar-refractivity contribution < 1.29 is 5.11 Å². The summed E-state index contributed by atoms with van der Waals surface area (Å²) in [6, 6.07) is 0. The molecular formula is C5H9BrN2O. The molecule has 0 spiro atoms. The van der Waals surface area contributed by atoms with Crippen LogP contribution in [0.5, 0.6) is 0 Å². The minimum atomic E-state index is -0.556. The zero-order valence-corrected chi connectivity index (χ0v) is 6.56. The Kier molecular flexibility index (Phi) is 4.35. The van der Waals surface area contributed by atoms with Crippen LogP contribution in [0.15, 0.2) is 17.4 Å². The molecule has 0 aromatic heterocycles. The van der Waals surface area contributed by atoms with Gasteiger partial charge >= 0.3 is 0 Å². The molecule has 0 heterocycles. The zero-order valence-electron chi connectivity index (χ0n) is 4.97. The van der Waals surface area contributed by atoms with E-state index in [0.29, 0.717) is 12.1 Å². The molecule has 0 saturated carbocycles. The molecule has 52 valence electrons. The Balaban J connectivity index is 3.38. The second-order valence-corrected chi connectivity index (χ2v) is 2.57. The average molecular weight is 193 g/mol. The fourth-order valence-electron chi connectivity index (χ4n) is 0.361. The molecule has 0 fully saturated rings. The molecule has 0 aliphatic rings. The quantitative estimate of drug-likeness (QED) is 0.394. The van der Waals surface area contributed by atoms with Crippen molar-refractivity contribution in [1.29, 1.82) is 0 Å². The van der Waals surface area contributed by atoms with E-state index in [1.165, 1.54) is 0 Å². The first-order valence-corrected chi connectivity index (χ1v) is 3.30. The van der Waals surface area contributed by atoms with E-state index < -0.39 is 5.01 Å². The molecule has 0 rings (SSSR count). The summed E-state index contributed by atoms with van der Waals surface area (Å²) in [5.74, 6) is 0. The molecule has 0 aliphatic carbocycles. The number of halogens is 1. The van der Waals surface area contributed by atoms with Crippen molar-refractivity contribution in [3.05, 3.63) is 12.3 Å². The van der Waals surface area contributed by atoms with Gasteiger partial charge in [-0.2, -0.15) is 5.10 Å². The van der Waals surface area contributed by atoms with Crippen molar-refractivity contribution in [3.8, 4) is 0 Å². The minimum Gasteiger partial charge on any atom is -0.381 e. The molecule has 1 atom stereocenters. The van der Waals surface area contributed by atoms with E-state index in [2.05, 4.69) is 39.8 Å². The van der Waals surface area contributed by atoms with Gasteiger partial charge in [0.15, 0.2) is 0 Å². The molecular weight excluding hydrogens is 184 g/mol. The van der Waals surface area contributed by atoms with Gasteiger partial charge < -0.3 is 5.11 Å². The first-order chi connectivity index (χ1) is 4.16. The van der Waals surface area contributed by atoms with E-state index in [0.717, 1.165) is 0 Å².